The monoisotopic (exact) mass is 462 g/mol. The molecule has 0 amide bonds. The van der Waals surface area contributed by atoms with Crippen LogP contribution in [0.15, 0.2) is 22.2 Å². The van der Waals surface area contributed by atoms with Gasteiger partial charge in [0.2, 0.25) is 10.9 Å². The fourth-order valence-corrected chi connectivity index (χ4v) is 3.06. The average molecular weight is 462 g/mol. The summed E-state index contributed by atoms with van der Waals surface area (Å²) in [4.78, 5) is 25.6. The number of nitrogens with one attached hydrogen (secondary N) is 1. The number of nitrogens with zero attached hydrogens (tertiary/aromatic N) is 3. The molecule has 1 aromatic carbocycles. The van der Waals surface area contributed by atoms with Crippen LogP contribution in [-0.2, 0) is 11.2 Å². The van der Waals surface area contributed by atoms with E-state index in [-0.39, 0.29) is 19.2 Å². The van der Waals surface area contributed by atoms with E-state index >= 15 is 0 Å². The van der Waals surface area contributed by atoms with Crippen molar-refractivity contribution >= 4 is 52.1 Å². The highest BCUT2D eigenvalue weighted by atomic mass is 127. The molecular formula is C13H11IN4O5S. The molecule has 9 nitrogen and oxygen atoms in total. The molecular weight excluding hydrogens is 451 g/mol. The van der Waals surface area contributed by atoms with Crippen molar-refractivity contribution in [1.82, 2.24) is 15.2 Å². The van der Waals surface area contributed by atoms with Crippen molar-refractivity contribution in [3.63, 3.8) is 0 Å². The lowest BCUT2D eigenvalue weighted by Gasteiger charge is -2.03. The fourth-order valence-electron chi connectivity index (χ4n) is 1.69. The molecule has 1 heterocycles. The first-order chi connectivity index (χ1) is 11.3. The number of aliphatic carboxylic acids is 1. The number of hydrogen-bond acceptors (Lipinski definition) is 7. The van der Waals surface area contributed by atoms with Gasteiger partial charge >= 0.3 is 11.7 Å². The Morgan fingerprint density at radius 3 is 2.79 bits per heavy atom. The first-order valence-electron chi connectivity index (χ1n) is 6.52. The standard InChI is InChI=1S/C13H11IN4O5S/c1-2-10-15-13(17-16-10)24-9(12(20)21)5-6-3-7(14)11(19)8(4-6)18(22)23/h3-5,19H,2H2,1H3,(H,20,21)(H,15,16,17)/b9-5-. The van der Waals surface area contributed by atoms with E-state index in [4.69, 9.17) is 0 Å². The molecule has 0 fully saturated rings. The summed E-state index contributed by atoms with van der Waals surface area (Å²) >= 11 is 2.56. The van der Waals surface area contributed by atoms with E-state index in [1.807, 2.05) is 6.92 Å². The molecule has 3 N–H and O–H groups in total. The van der Waals surface area contributed by atoms with Gasteiger partial charge in [-0.25, -0.2) is 9.78 Å². The van der Waals surface area contributed by atoms with E-state index in [1.165, 1.54) is 12.1 Å². The molecule has 24 heavy (non-hydrogen) atoms. The Morgan fingerprint density at radius 1 is 1.54 bits per heavy atom. The molecule has 0 spiro atoms. The number of nitro benzene ring substituents is 1. The minimum Gasteiger partial charge on any atom is -0.501 e. The van der Waals surface area contributed by atoms with Gasteiger partial charge in [0.05, 0.1) is 8.49 Å². The number of carboxylic acid groups (broad SMARTS) is 1. The molecule has 126 valence electrons. The number of H-pyrrole nitrogens is 1. The zero-order valence-electron chi connectivity index (χ0n) is 12.2. The SMILES string of the molecule is CCc1nc(S/C(=C\c2cc(I)c(O)c([N+](=O)[O-])c2)C(=O)O)n[nH]1. The van der Waals surface area contributed by atoms with Crippen molar-refractivity contribution in [1.29, 1.82) is 0 Å². The van der Waals surface area contributed by atoms with E-state index in [2.05, 4.69) is 15.2 Å². The smallest absolute Gasteiger partial charge is 0.342 e. The molecule has 0 saturated carbocycles. The van der Waals surface area contributed by atoms with Gasteiger partial charge in [-0.15, -0.1) is 5.10 Å². The predicted octanol–water partition coefficient (Wildman–Crippen LogP) is 2.80. The molecule has 0 bridgehead atoms. The number of thioether (sulfide) groups is 1. The molecule has 0 atom stereocenters. The Kier molecular flexibility index (Phi) is 5.77. The fraction of sp³-hybridized carbons (Fsp3) is 0.154. The largest absolute Gasteiger partial charge is 0.501 e. The molecule has 2 rings (SSSR count). The number of carbonyl (C=O) groups is 1. The highest BCUT2D eigenvalue weighted by molar-refractivity contribution is 14.1. The van der Waals surface area contributed by atoms with Crippen LogP contribution in [-0.4, -0.2) is 36.3 Å². The van der Waals surface area contributed by atoms with Crippen LogP contribution < -0.4 is 0 Å². The minimum absolute atomic E-state index is 0.104. The summed E-state index contributed by atoms with van der Waals surface area (Å²) in [5, 5.41) is 36.8. The number of benzene rings is 1. The summed E-state index contributed by atoms with van der Waals surface area (Å²) in [6.45, 7) is 1.88. The van der Waals surface area contributed by atoms with Crippen molar-refractivity contribution in [2.45, 2.75) is 18.5 Å². The van der Waals surface area contributed by atoms with E-state index in [1.54, 1.807) is 22.6 Å². The first-order valence-corrected chi connectivity index (χ1v) is 8.42. The lowest BCUT2D eigenvalue weighted by Crippen LogP contribution is -1.98. The molecule has 0 radical (unpaired) electrons. The van der Waals surface area contributed by atoms with Crippen molar-refractivity contribution < 1.29 is 19.9 Å². The van der Waals surface area contributed by atoms with Gasteiger partial charge in [0.25, 0.3) is 0 Å². The van der Waals surface area contributed by atoms with E-state index in [9.17, 15) is 25.1 Å². The van der Waals surface area contributed by atoms with Gasteiger partial charge in [-0.3, -0.25) is 15.2 Å². The predicted molar refractivity (Wildman–Crippen MR) is 94.7 cm³/mol. The van der Waals surface area contributed by atoms with Crippen LogP contribution in [0.5, 0.6) is 5.75 Å². The second-order valence-electron chi connectivity index (χ2n) is 4.46. The minimum atomic E-state index is -1.21. The normalized spacial score (nSPS) is 11.5. The zero-order chi connectivity index (χ0) is 17.9. The number of aromatic hydroxyl groups is 1. The lowest BCUT2D eigenvalue weighted by atomic mass is 10.1. The van der Waals surface area contributed by atoms with Crippen molar-refractivity contribution in [3.05, 3.63) is 42.1 Å². The Morgan fingerprint density at radius 2 is 2.25 bits per heavy atom. The second kappa shape index (κ2) is 7.61. The van der Waals surface area contributed by atoms with Gasteiger partial charge in [0.15, 0.2) is 0 Å². The molecule has 0 saturated heterocycles. The van der Waals surface area contributed by atoms with Gasteiger partial charge in [-0.1, -0.05) is 6.92 Å². The Hall–Kier alpha value is -2.15. The van der Waals surface area contributed by atoms with Crippen LogP contribution in [0.25, 0.3) is 6.08 Å². The van der Waals surface area contributed by atoms with Crippen LogP contribution in [0.2, 0.25) is 0 Å². The third-order valence-electron chi connectivity index (χ3n) is 2.82. The second-order valence-corrected chi connectivity index (χ2v) is 6.63. The topological polar surface area (TPSA) is 142 Å². The summed E-state index contributed by atoms with van der Waals surface area (Å²) in [5.41, 5.74) is -0.214. The van der Waals surface area contributed by atoms with Crippen LogP contribution in [0, 0.1) is 13.7 Å². The Balaban J connectivity index is 2.40. The van der Waals surface area contributed by atoms with Crippen LogP contribution >= 0.6 is 34.4 Å². The summed E-state index contributed by atoms with van der Waals surface area (Å²) in [5.74, 6) is -1.05. The maximum Gasteiger partial charge on any atom is 0.342 e. The Bertz CT molecular complexity index is 836. The number of rotatable bonds is 6. The van der Waals surface area contributed by atoms with Gasteiger partial charge in [-0.2, -0.15) is 0 Å². The van der Waals surface area contributed by atoms with Crippen molar-refractivity contribution in [3.8, 4) is 5.75 Å². The number of aromatic nitrogens is 3. The number of halogens is 1. The highest BCUT2D eigenvalue weighted by Crippen LogP contribution is 2.34. The molecule has 2 aromatic rings. The number of phenols is 1. The van der Waals surface area contributed by atoms with E-state index < -0.39 is 22.3 Å². The van der Waals surface area contributed by atoms with E-state index in [0.29, 0.717) is 12.2 Å². The van der Waals surface area contributed by atoms with E-state index in [0.717, 1.165) is 17.8 Å². The number of aryl methyl sites for hydroxylation is 1. The number of hydrogen-bond donors (Lipinski definition) is 3. The van der Waals surface area contributed by atoms with Gasteiger partial charge in [0.1, 0.15) is 10.7 Å². The van der Waals surface area contributed by atoms with Gasteiger partial charge < -0.3 is 10.2 Å². The lowest BCUT2D eigenvalue weighted by molar-refractivity contribution is -0.386. The number of carboxylic acids is 1. The summed E-state index contributed by atoms with van der Waals surface area (Å²) in [7, 11) is 0. The van der Waals surface area contributed by atoms with Crippen LogP contribution in [0.1, 0.15) is 18.3 Å². The van der Waals surface area contributed by atoms with Gasteiger partial charge in [-0.05, 0) is 52.1 Å². The third kappa shape index (κ3) is 4.23. The number of phenolic OH excluding ortho intramolecular Hbond substituents is 1. The van der Waals surface area contributed by atoms with Gasteiger partial charge in [0, 0.05) is 12.5 Å². The average Bonchev–Trinajstić information content (AvgIpc) is 2.97. The van der Waals surface area contributed by atoms with Crippen LogP contribution in [0.4, 0.5) is 5.69 Å². The summed E-state index contributed by atoms with van der Waals surface area (Å²) in [6, 6.07) is 2.55. The summed E-state index contributed by atoms with van der Waals surface area (Å²) in [6.07, 6.45) is 1.89. The third-order valence-corrected chi connectivity index (χ3v) is 4.52. The molecule has 0 aliphatic carbocycles. The molecule has 11 heteroatoms. The van der Waals surface area contributed by atoms with Crippen LogP contribution in [0.3, 0.4) is 0 Å². The molecule has 1 aromatic heterocycles. The summed E-state index contributed by atoms with van der Waals surface area (Å²) < 4.78 is 0.244. The quantitative estimate of drug-likeness (QED) is 0.196. The maximum absolute atomic E-state index is 11.4. The molecule has 0 unspecified atom stereocenters. The number of aromatic amines is 1. The maximum atomic E-state index is 11.4. The number of nitro groups is 1. The molecule has 0 aliphatic rings. The highest BCUT2D eigenvalue weighted by Gasteiger charge is 2.19. The first kappa shape index (κ1) is 18.2. The zero-order valence-corrected chi connectivity index (χ0v) is 15.2. The van der Waals surface area contributed by atoms with Crippen molar-refractivity contribution in [2.75, 3.05) is 0 Å². The molecule has 0 aliphatic heterocycles. The van der Waals surface area contributed by atoms with Crippen molar-refractivity contribution in [2.24, 2.45) is 0 Å². The Labute approximate surface area is 153 Å².